The molecular formula is C12H26N2. The fraction of sp³-hybridized carbons (Fsp3) is 1.00. The van der Waals surface area contributed by atoms with Gasteiger partial charge < -0.3 is 5.73 Å². The summed E-state index contributed by atoms with van der Waals surface area (Å²) in [7, 11) is 0. The Morgan fingerprint density at radius 3 is 2.07 bits per heavy atom. The van der Waals surface area contributed by atoms with Crippen LogP contribution >= 0.6 is 0 Å². The van der Waals surface area contributed by atoms with Crippen LogP contribution in [0.2, 0.25) is 0 Å². The first-order valence-corrected chi connectivity index (χ1v) is 6.00. The van der Waals surface area contributed by atoms with E-state index in [9.17, 15) is 0 Å². The summed E-state index contributed by atoms with van der Waals surface area (Å²) in [5.74, 6) is 1.56. The Bertz CT molecular complexity index is 162. The van der Waals surface area contributed by atoms with E-state index in [2.05, 4.69) is 32.6 Å². The van der Waals surface area contributed by atoms with Gasteiger partial charge in [-0.1, -0.05) is 13.8 Å². The summed E-state index contributed by atoms with van der Waals surface area (Å²) in [6.07, 6.45) is 2.71. The summed E-state index contributed by atoms with van der Waals surface area (Å²) in [5.41, 5.74) is 6.15. The fourth-order valence-corrected chi connectivity index (χ4v) is 1.91. The summed E-state index contributed by atoms with van der Waals surface area (Å²) in [4.78, 5) is 2.52. The molecule has 0 spiro atoms. The van der Waals surface area contributed by atoms with E-state index in [0.717, 1.165) is 18.4 Å². The van der Waals surface area contributed by atoms with Crippen molar-refractivity contribution in [2.75, 3.05) is 13.1 Å². The highest BCUT2D eigenvalue weighted by Crippen LogP contribution is 2.32. The minimum Gasteiger partial charge on any atom is -0.326 e. The van der Waals surface area contributed by atoms with Gasteiger partial charge >= 0.3 is 0 Å². The van der Waals surface area contributed by atoms with Gasteiger partial charge in [0, 0.05) is 25.2 Å². The van der Waals surface area contributed by atoms with Gasteiger partial charge in [-0.15, -0.1) is 0 Å². The van der Waals surface area contributed by atoms with Crippen LogP contribution in [0.15, 0.2) is 0 Å². The first-order valence-electron chi connectivity index (χ1n) is 6.00. The third-order valence-electron chi connectivity index (χ3n) is 3.00. The van der Waals surface area contributed by atoms with Crippen LogP contribution in [-0.4, -0.2) is 30.1 Å². The second kappa shape index (κ2) is 5.13. The summed E-state index contributed by atoms with van der Waals surface area (Å²) in [6.45, 7) is 11.3. The van der Waals surface area contributed by atoms with E-state index in [1.165, 1.54) is 19.4 Å². The molecule has 1 unspecified atom stereocenters. The molecule has 14 heavy (non-hydrogen) atoms. The SMILES string of the molecule is CC(C)CN(CC(N)C1CC1)C(C)C. The molecule has 0 aromatic rings. The lowest BCUT2D eigenvalue weighted by molar-refractivity contribution is 0.181. The maximum Gasteiger partial charge on any atom is 0.0196 e. The van der Waals surface area contributed by atoms with Crippen molar-refractivity contribution in [2.24, 2.45) is 17.6 Å². The van der Waals surface area contributed by atoms with Crippen LogP contribution in [0.1, 0.15) is 40.5 Å². The Morgan fingerprint density at radius 1 is 1.14 bits per heavy atom. The smallest absolute Gasteiger partial charge is 0.0196 e. The zero-order chi connectivity index (χ0) is 10.7. The average Bonchev–Trinajstić information content (AvgIpc) is 2.83. The zero-order valence-corrected chi connectivity index (χ0v) is 10.2. The quantitative estimate of drug-likeness (QED) is 0.708. The fourth-order valence-electron chi connectivity index (χ4n) is 1.91. The van der Waals surface area contributed by atoms with E-state index in [1.807, 2.05) is 0 Å². The van der Waals surface area contributed by atoms with Gasteiger partial charge in [0.25, 0.3) is 0 Å². The van der Waals surface area contributed by atoms with E-state index in [-0.39, 0.29) is 0 Å². The van der Waals surface area contributed by atoms with Gasteiger partial charge in [-0.3, -0.25) is 4.90 Å². The Morgan fingerprint density at radius 2 is 1.71 bits per heavy atom. The molecule has 2 nitrogen and oxygen atoms in total. The Balaban J connectivity index is 2.33. The standard InChI is InChI=1S/C12H26N2/c1-9(2)7-14(10(3)4)8-12(13)11-5-6-11/h9-12H,5-8,13H2,1-4H3. The number of hydrogen-bond donors (Lipinski definition) is 1. The van der Waals surface area contributed by atoms with E-state index in [1.54, 1.807) is 0 Å². The second-order valence-corrected chi connectivity index (χ2v) is 5.44. The molecule has 0 radical (unpaired) electrons. The lowest BCUT2D eigenvalue weighted by Gasteiger charge is -2.30. The summed E-state index contributed by atoms with van der Waals surface area (Å²) < 4.78 is 0. The molecule has 1 atom stereocenters. The van der Waals surface area contributed by atoms with Crippen molar-refractivity contribution in [1.82, 2.24) is 4.90 Å². The maximum absolute atomic E-state index is 6.15. The largest absolute Gasteiger partial charge is 0.326 e. The highest BCUT2D eigenvalue weighted by atomic mass is 15.2. The normalized spacial score (nSPS) is 19.7. The van der Waals surface area contributed by atoms with E-state index in [0.29, 0.717) is 12.1 Å². The highest BCUT2D eigenvalue weighted by Gasteiger charge is 2.30. The van der Waals surface area contributed by atoms with Crippen molar-refractivity contribution in [2.45, 2.75) is 52.6 Å². The zero-order valence-electron chi connectivity index (χ0n) is 10.2. The molecule has 1 aliphatic rings. The van der Waals surface area contributed by atoms with Crippen LogP contribution in [0.3, 0.4) is 0 Å². The number of rotatable bonds is 6. The summed E-state index contributed by atoms with van der Waals surface area (Å²) >= 11 is 0. The van der Waals surface area contributed by atoms with Crippen molar-refractivity contribution in [3.05, 3.63) is 0 Å². The van der Waals surface area contributed by atoms with Crippen LogP contribution in [0.4, 0.5) is 0 Å². The first kappa shape index (κ1) is 12.0. The molecule has 1 fully saturated rings. The average molecular weight is 198 g/mol. The van der Waals surface area contributed by atoms with Crippen LogP contribution < -0.4 is 5.73 Å². The monoisotopic (exact) mass is 198 g/mol. The maximum atomic E-state index is 6.15. The van der Waals surface area contributed by atoms with Crippen LogP contribution in [0.25, 0.3) is 0 Å². The molecular weight excluding hydrogens is 172 g/mol. The lowest BCUT2D eigenvalue weighted by Crippen LogP contribution is -2.43. The van der Waals surface area contributed by atoms with Crippen molar-refractivity contribution < 1.29 is 0 Å². The van der Waals surface area contributed by atoms with Crippen molar-refractivity contribution in [3.8, 4) is 0 Å². The van der Waals surface area contributed by atoms with E-state index < -0.39 is 0 Å². The minimum absolute atomic E-state index is 0.413. The minimum atomic E-state index is 0.413. The molecule has 1 rings (SSSR count). The molecule has 0 heterocycles. The molecule has 0 aromatic carbocycles. The van der Waals surface area contributed by atoms with Gasteiger partial charge in [0.1, 0.15) is 0 Å². The van der Waals surface area contributed by atoms with Crippen LogP contribution in [-0.2, 0) is 0 Å². The molecule has 84 valence electrons. The second-order valence-electron chi connectivity index (χ2n) is 5.44. The van der Waals surface area contributed by atoms with Gasteiger partial charge in [0.2, 0.25) is 0 Å². The molecule has 2 heteroatoms. The number of hydrogen-bond acceptors (Lipinski definition) is 2. The third kappa shape index (κ3) is 3.97. The predicted molar refractivity (Wildman–Crippen MR) is 62.2 cm³/mol. The number of nitrogens with two attached hydrogens (primary N) is 1. The molecule has 0 aliphatic heterocycles. The van der Waals surface area contributed by atoms with Crippen molar-refractivity contribution >= 4 is 0 Å². The predicted octanol–water partition coefficient (Wildman–Crippen LogP) is 2.09. The molecule has 2 N–H and O–H groups in total. The van der Waals surface area contributed by atoms with Gasteiger partial charge in [0.15, 0.2) is 0 Å². The molecule has 0 bridgehead atoms. The summed E-state index contributed by atoms with van der Waals surface area (Å²) in [6, 6.07) is 1.04. The van der Waals surface area contributed by atoms with Gasteiger partial charge in [0.05, 0.1) is 0 Å². The van der Waals surface area contributed by atoms with Crippen molar-refractivity contribution in [3.63, 3.8) is 0 Å². The summed E-state index contributed by atoms with van der Waals surface area (Å²) in [5, 5.41) is 0. The molecule has 1 aliphatic carbocycles. The molecule has 1 saturated carbocycles. The highest BCUT2D eigenvalue weighted by molar-refractivity contribution is 4.86. The Kier molecular flexibility index (Phi) is 4.39. The van der Waals surface area contributed by atoms with Gasteiger partial charge in [-0.2, -0.15) is 0 Å². The Labute approximate surface area is 88.8 Å². The van der Waals surface area contributed by atoms with E-state index >= 15 is 0 Å². The van der Waals surface area contributed by atoms with Crippen LogP contribution in [0, 0.1) is 11.8 Å². The van der Waals surface area contributed by atoms with Crippen molar-refractivity contribution in [1.29, 1.82) is 0 Å². The Hall–Kier alpha value is -0.0800. The van der Waals surface area contributed by atoms with Gasteiger partial charge in [-0.25, -0.2) is 0 Å². The lowest BCUT2D eigenvalue weighted by atomic mass is 10.1. The van der Waals surface area contributed by atoms with Gasteiger partial charge in [-0.05, 0) is 38.5 Å². The molecule has 0 amide bonds. The first-order chi connectivity index (χ1) is 6.50. The third-order valence-corrected chi connectivity index (χ3v) is 3.00. The number of nitrogens with zero attached hydrogens (tertiary/aromatic N) is 1. The molecule has 0 saturated heterocycles. The molecule has 0 aromatic heterocycles. The van der Waals surface area contributed by atoms with Crippen LogP contribution in [0.5, 0.6) is 0 Å². The topological polar surface area (TPSA) is 29.3 Å². The van der Waals surface area contributed by atoms with E-state index in [4.69, 9.17) is 5.73 Å².